The standard InChI is InChI=1S/C33H42ClN5O3/c1-22-10-11-23(2)29(20-22)36-16-18-37(19-17-36)31(40)26-21-35-39(28-9-7-8-27(34)24(28)3)30(26)25-12-14-38(15-13-25)32(41)42-33(4,5)6/h7-11,20-21,25H,12-19H2,1-6H3. The van der Waals surface area contributed by atoms with Gasteiger partial charge in [0.05, 0.1) is 23.1 Å². The molecular weight excluding hydrogens is 550 g/mol. The van der Waals surface area contributed by atoms with E-state index in [0.29, 0.717) is 49.6 Å². The van der Waals surface area contributed by atoms with Crippen LogP contribution >= 0.6 is 11.6 Å². The van der Waals surface area contributed by atoms with Crippen molar-refractivity contribution in [2.75, 3.05) is 44.2 Å². The summed E-state index contributed by atoms with van der Waals surface area (Å²) in [6.45, 7) is 15.8. The number of aryl methyl sites for hydroxylation is 2. The molecule has 3 aromatic rings. The number of hydrogen-bond donors (Lipinski definition) is 0. The fraction of sp³-hybridized carbons (Fsp3) is 0.485. The van der Waals surface area contributed by atoms with Gasteiger partial charge in [0, 0.05) is 55.9 Å². The molecule has 0 atom stereocenters. The highest BCUT2D eigenvalue weighted by Gasteiger charge is 2.34. The average molecular weight is 592 g/mol. The summed E-state index contributed by atoms with van der Waals surface area (Å²) in [5.41, 5.74) is 6.49. The zero-order chi connectivity index (χ0) is 30.2. The monoisotopic (exact) mass is 591 g/mol. The first kappa shape index (κ1) is 30.0. The number of piperidine rings is 1. The van der Waals surface area contributed by atoms with Gasteiger partial charge in [0.15, 0.2) is 0 Å². The maximum Gasteiger partial charge on any atom is 0.410 e. The van der Waals surface area contributed by atoms with Crippen molar-refractivity contribution in [1.29, 1.82) is 0 Å². The quantitative estimate of drug-likeness (QED) is 0.345. The summed E-state index contributed by atoms with van der Waals surface area (Å²) in [7, 11) is 0. The molecule has 0 aliphatic carbocycles. The molecule has 3 heterocycles. The molecule has 5 rings (SSSR count). The molecule has 2 saturated heterocycles. The number of halogens is 1. The van der Waals surface area contributed by atoms with E-state index >= 15 is 0 Å². The van der Waals surface area contributed by atoms with Gasteiger partial charge in [-0.3, -0.25) is 4.79 Å². The first-order chi connectivity index (χ1) is 19.9. The molecule has 2 aliphatic rings. The summed E-state index contributed by atoms with van der Waals surface area (Å²) < 4.78 is 7.51. The Hall–Kier alpha value is -3.52. The molecule has 224 valence electrons. The maximum atomic E-state index is 14.1. The highest BCUT2D eigenvalue weighted by Crippen LogP contribution is 2.35. The Morgan fingerprint density at radius 2 is 1.60 bits per heavy atom. The van der Waals surface area contributed by atoms with Gasteiger partial charge < -0.3 is 19.4 Å². The number of carbonyl (C=O) groups excluding carboxylic acids is 2. The minimum absolute atomic E-state index is 0.00566. The van der Waals surface area contributed by atoms with Gasteiger partial charge in [-0.15, -0.1) is 0 Å². The summed E-state index contributed by atoms with van der Waals surface area (Å²) in [4.78, 5) is 32.9. The smallest absolute Gasteiger partial charge is 0.410 e. The Morgan fingerprint density at radius 1 is 0.905 bits per heavy atom. The molecule has 0 N–H and O–H groups in total. The van der Waals surface area contributed by atoms with E-state index in [-0.39, 0.29) is 17.9 Å². The van der Waals surface area contributed by atoms with E-state index in [1.807, 2.05) is 55.5 Å². The number of amides is 2. The lowest BCUT2D eigenvalue weighted by Gasteiger charge is -2.37. The minimum atomic E-state index is -0.543. The zero-order valence-corrected chi connectivity index (χ0v) is 26.4. The third-order valence-corrected chi connectivity index (χ3v) is 8.72. The zero-order valence-electron chi connectivity index (χ0n) is 25.6. The van der Waals surface area contributed by atoms with Crippen molar-refractivity contribution in [3.63, 3.8) is 0 Å². The van der Waals surface area contributed by atoms with Crippen LogP contribution in [0.1, 0.15) is 72.3 Å². The largest absolute Gasteiger partial charge is 0.444 e. The number of likely N-dealkylation sites (tertiary alicyclic amines) is 1. The fourth-order valence-corrected chi connectivity index (χ4v) is 6.15. The van der Waals surface area contributed by atoms with Crippen LogP contribution in [0, 0.1) is 20.8 Å². The lowest BCUT2D eigenvalue weighted by atomic mass is 9.90. The van der Waals surface area contributed by atoms with Crippen LogP contribution in [-0.2, 0) is 4.74 Å². The highest BCUT2D eigenvalue weighted by molar-refractivity contribution is 6.31. The third-order valence-electron chi connectivity index (χ3n) is 8.31. The van der Waals surface area contributed by atoms with Crippen molar-refractivity contribution in [3.05, 3.63) is 75.6 Å². The average Bonchev–Trinajstić information content (AvgIpc) is 3.39. The Labute approximate surface area is 254 Å². The predicted octanol–water partition coefficient (Wildman–Crippen LogP) is 6.53. The van der Waals surface area contributed by atoms with Crippen molar-refractivity contribution in [3.8, 4) is 5.69 Å². The number of anilines is 1. The third kappa shape index (κ3) is 6.28. The molecule has 1 aromatic heterocycles. The van der Waals surface area contributed by atoms with Gasteiger partial charge in [0.1, 0.15) is 5.60 Å². The summed E-state index contributed by atoms with van der Waals surface area (Å²) >= 11 is 6.51. The van der Waals surface area contributed by atoms with Gasteiger partial charge in [-0.25, -0.2) is 9.48 Å². The van der Waals surface area contributed by atoms with E-state index < -0.39 is 5.60 Å². The van der Waals surface area contributed by atoms with E-state index in [4.69, 9.17) is 21.4 Å². The number of aromatic nitrogens is 2. The fourth-order valence-electron chi connectivity index (χ4n) is 5.98. The molecule has 2 fully saturated rings. The minimum Gasteiger partial charge on any atom is -0.444 e. The molecule has 2 aliphatic heterocycles. The molecule has 9 heteroatoms. The van der Waals surface area contributed by atoms with Crippen LogP contribution in [0.25, 0.3) is 5.69 Å². The van der Waals surface area contributed by atoms with Crippen LogP contribution < -0.4 is 4.90 Å². The van der Waals surface area contributed by atoms with Crippen molar-refractivity contribution in [1.82, 2.24) is 19.6 Å². The summed E-state index contributed by atoms with van der Waals surface area (Å²) in [6.07, 6.45) is 2.85. The van der Waals surface area contributed by atoms with Gasteiger partial charge in [0.2, 0.25) is 0 Å². The predicted molar refractivity (Wildman–Crippen MR) is 167 cm³/mol. The van der Waals surface area contributed by atoms with Crippen LogP contribution in [0.15, 0.2) is 42.6 Å². The first-order valence-corrected chi connectivity index (χ1v) is 15.2. The number of carbonyl (C=O) groups is 2. The van der Waals surface area contributed by atoms with E-state index in [1.54, 1.807) is 11.1 Å². The molecule has 0 unspecified atom stereocenters. The Balaban J connectivity index is 1.39. The van der Waals surface area contributed by atoms with E-state index in [2.05, 4.69) is 36.9 Å². The summed E-state index contributed by atoms with van der Waals surface area (Å²) in [6, 6.07) is 12.3. The molecular formula is C33H42ClN5O3. The molecule has 2 aromatic carbocycles. The second-order valence-corrected chi connectivity index (χ2v) is 13.0. The number of ether oxygens (including phenoxy) is 1. The Morgan fingerprint density at radius 3 is 2.26 bits per heavy atom. The van der Waals surface area contributed by atoms with Crippen molar-refractivity contribution in [2.24, 2.45) is 0 Å². The highest BCUT2D eigenvalue weighted by atomic mass is 35.5. The number of benzene rings is 2. The summed E-state index contributed by atoms with van der Waals surface area (Å²) in [5, 5.41) is 5.42. The van der Waals surface area contributed by atoms with E-state index in [0.717, 1.165) is 30.0 Å². The van der Waals surface area contributed by atoms with Gasteiger partial charge in [-0.1, -0.05) is 29.8 Å². The molecule has 0 saturated carbocycles. The SMILES string of the molecule is Cc1ccc(C)c(N2CCN(C(=O)c3cnn(-c4cccc(Cl)c4C)c3C3CCN(C(=O)OC(C)(C)C)CC3)CC2)c1. The maximum absolute atomic E-state index is 14.1. The molecule has 42 heavy (non-hydrogen) atoms. The normalized spacial score (nSPS) is 16.6. The number of nitrogens with zero attached hydrogens (tertiary/aromatic N) is 5. The van der Waals surface area contributed by atoms with Crippen molar-refractivity contribution in [2.45, 2.75) is 65.9 Å². The molecule has 0 bridgehead atoms. The van der Waals surface area contributed by atoms with Crippen molar-refractivity contribution < 1.29 is 14.3 Å². The Bertz CT molecular complexity index is 1460. The number of rotatable bonds is 4. The molecule has 0 spiro atoms. The van der Waals surface area contributed by atoms with E-state index in [1.165, 1.54) is 16.8 Å². The Kier molecular flexibility index (Phi) is 8.56. The van der Waals surface area contributed by atoms with Crippen LogP contribution in [0.4, 0.5) is 10.5 Å². The second kappa shape index (κ2) is 12.0. The topological polar surface area (TPSA) is 70.9 Å². The summed E-state index contributed by atoms with van der Waals surface area (Å²) in [5.74, 6) is 0.0610. The van der Waals surface area contributed by atoms with Crippen LogP contribution in [0.3, 0.4) is 0 Å². The van der Waals surface area contributed by atoms with Crippen molar-refractivity contribution >= 4 is 29.3 Å². The lowest BCUT2D eigenvalue weighted by Crippen LogP contribution is -2.49. The van der Waals surface area contributed by atoms with Gasteiger partial charge in [-0.05, 0) is 89.3 Å². The van der Waals surface area contributed by atoms with Gasteiger partial charge >= 0.3 is 6.09 Å². The molecule has 8 nitrogen and oxygen atoms in total. The van der Waals surface area contributed by atoms with Crippen LogP contribution in [-0.4, -0.2) is 76.5 Å². The lowest BCUT2D eigenvalue weighted by molar-refractivity contribution is 0.0203. The number of piperazine rings is 1. The second-order valence-electron chi connectivity index (χ2n) is 12.6. The first-order valence-electron chi connectivity index (χ1n) is 14.9. The van der Waals surface area contributed by atoms with E-state index in [9.17, 15) is 9.59 Å². The van der Waals surface area contributed by atoms with Gasteiger partial charge in [-0.2, -0.15) is 5.10 Å². The number of hydrogen-bond acceptors (Lipinski definition) is 5. The van der Waals surface area contributed by atoms with Crippen LogP contribution in [0.2, 0.25) is 5.02 Å². The van der Waals surface area contributed by atoms with Crippen LogP contribution in [0.5, 0.6) is 0 Å². The van der Waals surface area contributed by atoms with Gasteiger partial charge in [0.25, 0.3) is 5.91 Å². The molecule has 2 amide bonds. The molecule has 0 radical (unpaired) electrons.